The Bertz CT molecular complexity index is 1490. The van der Waals surface area contributed by atoms with Crippen molar-refractivity contribution in [2.45, 2.75) is 52.0 Å². The Morgan fingerprint density at radius 3 is 2.27 bits per heavy atom. The molecular formula is C34H42N6O5. The van der Waals surface area contributed by atoms with Crippen molar-refractivity contribution in [1.29, 1.82) is 0 Å². The van der Waals surface area contributed by atoms with Crippen LogP contribution in [0.2, 0.25) is 0 Å². The zero-order valence-electron chi connectivity index (χ0n) is 26.1. The Balaban J connectivity index is 1.31. The van der Waals surface area contributed by atoms with Crippen LogP contribution in [0.1, 0.15) is 48.2 Å². The summed E-state index contributed by atoms with van der Waals surface area (Å²) in [6.07, 6.45) is 3.82. The Kier molecular flexibility index (Phi) is 9.97. The predicted octanol–water partition coefficient (Wildman–Crippen LogP) is 2.47. The fourth-order valence-corrected chi connectivity index (χ4v) is 6.28. The fraction of sp³-hybridized carbons (Fsp3) is 0.441. The van der Waals surface area contributed by atoms with Gasteiger partial charge in [-0.05, 0) is 24.5 Å². The van der Waals surface area contributed by atoms with Crippen LogP contribution in [0.5, 0.6) is 0 Å². The van der Waals surface area contributed by atoms with E-state index >= 15 is 0 Å². The van der Waals surface area contributed by atoms with Crippen molar-refractivity contribution in [3.63, 3.8) is 0 Å². The smallest absolute Gasteiger partial charge is 0.257 e. The molecule has 0 aliphatic carbocycles. The molecule has 3 heterocycles. The molecule has 2 aliphatic heterocycles. The summed E-state index contributed by atoms with van der Waals surface area (Å²) in [5.74, 6) is -1.50. The van der Waals surface area contributed by atoms with Gasteiger partial charge in [-0.1, -0.05) is 67.6 Å². The maximum Gasteiger partial charge on any atom is 0.257 e. The van der Waals surface area contributed by atoms with E-state index in [9.17, 15) is 19.2 Å². The summed E-state index contributed by atoms with van der Waals surface area (Å²) in [7, 11) is 1.52. The second kappa shape index (κ2) is 14.1. The molecule has 5 rings (SSSR count). The summed E-state index contributed by atoms with van der Waals surface area (Å²) < 4.78 is 7.72. The molecule has 0 unspecified atom stereocenters. The van der Waals surface area contributed by atoms with Crippen LogP contribution in [0.25, 0.3) is 0 Å². The normalized spacial score (nSPS) is 18.2. The van der Waals surface area contributed by atoms with E-state index in [1.807, 2.05) is 67.6 Å². The van der Waals surface area contributed by atoms with Crippen molar-refractivity contribution in [2.75, 3.05) is 33.2 Å². The highest BCUT2D eigenvalue weighted by Crippen LogP contribution is 2.45. The summed E-state index contributed by atoms with van der Waals surface area (Å²) in [5, 5.41) is 9.96. The summed E-state index contributed by atoms with van der Waals surface area (Å²) in [6.45, 7) is 5.79. The van der Waals surface area contributed by atoms with Crippen LogP contribution in [0.4, 0.5) is 0 Å². The lowest BCUT2D eigenvalue weighted by molar-refractivity contribution is -0.150. The number of carbonyl (C=O) groups excluding carboxylic acids is 4. The molecule has 2 aliphatic rings. The zero-order valence-corrected chi connectivity index (χ0v) is 26.1. The van der Waals surface area contributed by atoms with Gasteiger partial charge in [-0.25, -0.2) is 0 Å². The summed E-state index contributed by atoms with van der Waals surface area (Å²) in [4.78, 5) is 56.7. The van der Waals surface area contributed by atoms with Crippen molar-refractivity contribution in [2.24, 2.45) is 11.3 Å². The molecule has 0 radical (unpaired) electrons. The number of likely N-dealkylation sites (tertiary alicyclic amines) is 2. The number of ether oxygens (including phenoxy) is 1. The monoisotopic (exact) mass is 614 g/mol. The van der Waals surface area contributed by atoms with E-state index < -0.39 is 23.5 Å². The highest BCUT2D eigenvalue weighted by Gasteiger charge is 2.59. The van der Waals surface area contributed by atoms with Crippen LogP contribution in [0.3, 0.4) is 0 Å². The van der Waals surface area contributed by atoms with E-state index in [4.69, 9.17) is 4.74 Å². The largest absolute Gasteiger partial charge is 0.371 e. The number of rotatable bonds is 12. The van der Waals surface area contributed by atoms with E-state index in [-0.39, 0.29) is 36.8 Å². The number of benzene rings is 2. The lowest BCUT2D eigenvalue weighted by Crippen LogP contribution is -2.65. The van der Waals surface area contributed by atoms with Gasteiger partial charge in [0.2, 0.25) is 17.7 Å². The average molecular weight is 615 g/mol. The van der Waals surface area contributed by atoms with Crippen LogP contribution in [0, 0.1) is 11.3 Å². The molecule has 238 valence electrons. The minimum Gasteiger partial charge on any atom is -0.371 e. The maximum atomic E-state index is 14.0. The molecule has 2 saturated heterocycles. The molecule has 1 aromatic heterocycles. The molecule has 1 spiro atoms. The fourth-order valence-electron chi connectivity index (χ4n) is 6.28. The first-order valence-corrected chi connectivity index (χ1v) is 15.5. The van der Waals surface area contributed by atoms with Crippen molar-refractivity contribution in [3.8, 4) is 0 Å². The van der Waals surface area contributed by atoms with Crippen LogP contribution in [0.15, 0.2) is 73.1 Å². The number of carbonyl (C=O) groups is 4. The average Bonchev–Trinajstić information content (AvgIpc) is 3.68. The molecule has 2 fully saturated rings. The molecule has 0 bridgehead atoms. The van der Waals surface area contributed by atoms with Crippen LogP contribution in [-0.2, 0) is 32.3 Å². The molecule has 2 aromatic carbocycles. The first-order valence-electron chi connectivity index (χ1n) is 15.5. The third-order valence-corrected chi connectivity index (χ3v) is 8.80. The first-order chi connectivity index (χ1) is 21.7. The number of amides is 4. The van der Waals surface area contributed by atoms with E-state index in [1.165, 1.54) is 7.05 Å². The van der Waals surface area contributed by atoms with Gasteiger partial charge in [0, 0.05) is 51.3 Å². The molecule has 4 amide bonds. The van der Waals surface area contributed by atoms with Gasteiger partial charge in [0.15, 0.2) is 0 Å². The van der Waals surface area contributed by atoms with Gasteiger partial charge in [-0.3, -0.25) is 23.9 Å². The Hall–Kier alpha value is -4.51. The van der Waals surface area contributed by atoms with Gasteiger partial charge in [-0.15, -0.1) is 0 Å². The quantitative estimate of drug-likeness (QED) is 0.323. The van der Waals surface area contributed by atoms with Crippen molar-refractivity contribution in [3.05, 3.63) is 89.7 Å². The first kappa shape index (κ1) is 31.9. The van der Waals surface area contributed by atoms with E-state index in [2.05, 4.69) is 15.7 Å². The zero-order chi connectivity index (χ0) is 32.0. The van der Waals surface area contributed by atoms with Crippen molar-refractivity contribution in [1.82, 2.24) is 30.2 Å². The molecule has 0 saturated carbocycles. The summed E-state index contributed by atoms with van der Waals surface area (Å²) in [5.41, 5.74) is 1.85. The minimum absolute atomic E-state index is 0.0421. The van der Waals surface area contributed by atoms with Crippen molar-refractivity contribution >= 4 is 23.6 Å². The van der Waals surface area contributed by atoms with E-state index in [1.54, 1.807) is 33.8 Å². The number of likely N-dealkylation sites (N-methyl/N-ethyl adjacent to an activating group) is 1. The summed E-state index contributed by atoms with van der Waals surface area (Å²) in [6, 6.07) is 18.5. The molecule has 11 nitrogen and oxygen atoms in total. The number of hydrogen-bond donors (Lipinski definition) is 2. The number of hydrogen-bond acceptors (Lipinski definition) is 6. The van der Waals surface area contributed by atoms with Crippen LogP contribution >= 0.6 is 0 Å². The standard InChI is InChI=1S/C34H42N6O5/c1-4-11-29(41)39-22-34(23-39)21-38(33(44)27-16-36-40(18-27)17-25-12-7-5-8-13-25)19-28(34)31(42)37-30(32(43)35-3)24(2)45-20-26-14-9-6-10-15-26/h5-10,12-16,18,24,28,30H,4,11,17,19-23H2,1-3H3,(H,35,43)(H,37,42)/t24-,28+,30+/m1/s1. The third kappa shape index (κ3) is 7.25. The molecular weight excluding hydrogens is 572 g/mol. The highest BCUT2D eigenvalue weighted by molar-refractivity contribution is 5.95. The van der Waals surface area contributed by atoms with Gasteiger partial charge in [0.1, 0.15) is 6.04 Å². The van der Waals surface area contributed by atoms with Gasteiger partial charge >= 0.3 is 0 Å². The van der Waals surface area contributed by atoms with Gasteiger partial charge in [0.05, 0.1) is 36.9 Å². The lowest BCUT2D eigenvalue weighted by Gasteiger charge is -2.50. The Morgan fingerprint density at radius 1 is 0.978 bits per heavy atom. The molecule has 3 atom stereocenters. The maximum absolute atomic E-state index is 14.0. The molecule has 2 N–H and O–H groups in total. The van der Waals surface area contributed by atoms with E-state index in [0.29, 0.717) is 38.2 Å². The van der Waals surface area contributed by atoms with Gasteiger partial charge in [-0.2, -0.15) is 5.10 Å². The lowest BCUT2D eigenvalue weighted by atomic mass is 9.71. The second-order valence-electron chi connectivity index (χ2n) is 12.1. The summed E-state index contributed by atoms with van der Waals surface area (Å²) >= 11 is 0. The molecule has 45 heavy (non-hydrogen) atoms. The Labute approximate surface area is 263 Å². The second-order valence-corrected chi connectivity index (χ2v) is 12.1. The SMILES string of the molecule is CCCC(=O)N1CC2(C1)CN(C(=O)c1cnn(Cc3ccccc3)c1)C[C@H]2C(=O)N[C@H](C(=O)NC)[C@@H](C)OCc1ccccc1. The van der Waals surface area contributed by atoms with E-state index in [0.717, 1.165) is 17.5 Å². The number of nitrogens with zero attached hydrogens (tertiary/aromatic N) is 4. The van der Waals surface area contributed by atoms with Crippen LogP contribution in [-0.4, -0.2) is 88.6 Å². The van der Waals surface area contributed by atoms with Crippen molar-refractivity contribution < 1.29 is 23.9 Å². The topological polar surface area (TPSA) is 126 Å². The van der Waals surface area contributed by atoms with Gasteiger partial charge in [0.25, 0.3) is 5.91 Å². The predicted molar refractivity (Wildman–Crippen MR) is 168 cm³/mol. The van der Waals surface area contributed by atoms with Gasteiger partial charge < -0.3 is 25.2 Å². The highest BCUT2D eigenvalue weighted by atomic mass is 16.5. The minimum atomic E-state index is -0.942. The van der Waals surface area contributed by atoms with Crippen LogP contribution < -0.4 is 10.6 Å². The number of aromatic nitrogens is 2. The number of nitrogens with one attached hydrogen (secondary N) is 2. The molecule has 11 heteroatoms. The Morgan fingerprint density at radius 2 is 1.62 bits per heavy atom. The molecule has 3 aromatic rings. The third-order valence-electron chi connectivity index (χ3n) is 8.80.